The van der Waals surface area contributed by atoms with Crippen LogP contribution < -0.4 is 15.5 Å². The van der Waals surface area contributed by atoms with E-state index >= 15 is 0 Å². The number of hydrogen-bond donors (Lipinski definition) is 2. The number of morpholine rings is 1. The van der Waals surface area contributed by atoms with Crippen LogP contribution in [0, 0.1) is 0 Å². The average Bonchev–Trinajstić information content (AvgIpc) is 3.51. The van der Waals surface area contributed by atoms with Crippen LogP contribution in [0.25, 0.3) is 11.4 Å². The molecule has 11 nitrogen and oxygen atoms in total. The lowest BCUT2D eigenvalue weighted by Gasteiger charge is -2.39. The van der Waals surface area contributed by atoms with E-state index in [2.05, 4.69) is 20.4 Å². The number of nitrogens with zero attached hydrogens (tertiary/aromatic N) is 5. The molecule has 0 spiro atoms. The lowest BCUT2D eigenvalue weighted by molar-refractivity contribution is -0.140. The molecule has 40 heavy (non-hydrogen) atoms. The SMILES string of the molecule is CC(=O)NCCNc1cc(N2CCN(C(=O)C(c3ccco3)N3CCOCC3)CC2)nc(-c2ccc(Cl)cc2)n1. The third-order valence-corrected chi connectivity index (χ3v) is 7.24. The molecule has 5 rings (SSSR count). The molecule has 2 aliphatic rings. The molecular formula is C28H34ClN7O4. The normalized spacial score (nSPS) is 16.9. The number of hydrogen-bond acceptors (Lipinski definition) is 9. The van der Waals surface area contributed by atoms with Gasteiger partial charge in [-0.1, -0.05) is 11.6 Å². The first-order chi connectivity index (χ1) is 19.5. The van der Waals surface area contributed by atoms with Gasteiger partial charge in [0, 0.05) is 75.9 Å². The predicted molar refractivity (Wildman–Crippen MR) is 152 cm³/mol. The fourth-order valence-electron chi connectivity index (χ4n) is 4.91. The second-order valence-corrected chi connectivity index (χ2v) is 10.2. The summed E-state index contributed by atoms with van der Waals surface area (Å²) in [4.78, 5) is 40.7. The molecule has 1 atom stereocenters. The van der Waals surface area contributed by atoms with Crippen molar-refractivity contribution in [2.24, 2.45) is 0 Å². The highest BCUT2D eigenvalue weighted by molar-refractivity contribution is 6.30. The maximum absolute atomic E-state index is 13.7. The Morgan fingerprint density at radius 2 is 1.75 bits per heavy atom. The topological polar surface area (TPSA) is 116 Å². The van der Waals surface area contributed by atoms with Crippen molar-refractivity contribution in [1.29, 1.82) is 0 Å². The second-order valence-electron chi connectivity index (χ2n) is 9.73. The zero-order valence-corrected chi connectivity index (χ0v) is 23.3. The van der Waals surface area contributed by atoms with Gasteiger partial charge in [-0.05, 0) is 36.4 Å². The van der Waals surface area contributed by atoms with Crippen LogP contribution in [0.15, 0.2) is 53.1 Å². The molecule has 12 heteroatoms. The van der Waals surface area contributed by atoms with Crippen LogP contribution in [-0.2, 0) is 14.3 Å². The Labute approximate surface area is 238 Å². The van der Waals surface area contributed by atoms with Gasteiger partial charge in [-0.2, -0.15) is 0 Å². The summed E-state index contributed by atoms with van der Waals surface area (Å²) in [7, 11) is 0. The number of carbonyl (C=O) groups excluding carboxylic acids is 2. The van der Waals surface area contributed by atoms with Crippen LogP contribution >= 0.6 is 11.6 Å². The lowest BCUT2D eigenvalue weighted by atomic mass is 10.1. The number of nitrogens with one attached hydrogen (secondary N) is 2. The van der Waals surface area contributed by atoms with Crippen molar-refractivity contribution in [1.82, 2.24) is 25.1 Å². The van der Waals surface area contributed by atoms with Crippen LogP contribution in [-0.4, -0.2) is 97.2 Å². The Kier molecular flexibility index (Phi) is 9.15. The third kappa shape index (κ3) is 6.90. The van der Waals surface area contributed by atoms with Crippen molar-refractivity contribution in [3.05, 3.63) is 59.5 Å². The molecule has 4 heterocycles. The van der Waals surface area contributed by atoms with Crippen LogP contribution in [0.4, 0.5) is 11.6 Å². The van der Waals surface area contributed by atoms with Gasteiger partial charge in [0.1, 0.15) is 23.4 Å². The Hall–Kier alpha value is -3.67. The molecule has 2 fully saturated rings. The van der Waals surface area contributed by atoms with E-state index in [1.165, 1.54) is 6.92 Å². The highest BCUT2D eigenvalue weighted by Gasteiger charge is 2.35. The van der Waals surface area contributed by atoms with E-state index in [1.807, 2.05) is 47.4 Å². The molecule has 0 bridgehead atoms. The van der Waals surface area contributed by atoms with Gasteiger partial charge in [0.05, 0.1) is 19.5 Å². The molecule has 3 aromatic rings. The summed E-state index contributed by atoms with van der Waals surface area (Å²) in [5.41, 5.74) is 0.844. The smallest absolute Gasteiger partial charge is 0.247 e. The van der Waals surface area contributed by atoms with E-state index in [4.69, 9.17) is 30.7 Å². The minimum Gasteiger partial charge on any atom is -0.467 e. The van der Waals surface area contributed by atoms with Gasteiger partial charge in [0.2, 0.25) is 11.8 Å². The lowest BCUT2D eigenvalue weighted by Crippen LogP contribution is -2.53. The summed E-state index contributed by atoms with van der Waals surface area (Å²) in [5.74, 6) is 2.62. The monoisotopic (exact) mass is 567 g/mol. The van der Waals surface area contributed by atoms with Crippen LogP contribution in [0.2, 0.25) is 5.02 Å². The average molecular weight is 568 g/mol. The van der Waals surface area contributed by atoms with Gasteiger partial charge in [-0.25, -0.2) is 9.97 Å². The highest BCUT2D eigenvalue weighted by Crippen LogP contribution is 2.28. The van der Waals surface area contributed by atoms with Gasteiger partial charge in [-0.3, -0.25) is 14.5 Å². The standard InChI is InChI=1S/C28H34ClN7O4/c1-20(37)30-8-9-31-24-19-25(33-27(32-24)21-4-6-22(29)7-5-21)34-10-12-36(13-11-34)28(38)26(23-3-2-16-40-23)35-14-17-39-18-15-35/h2-7,16,19,26H,8-15,17-18H2,1H3,(H,30,37)(H,31,32,33). The fourth-order valence-corrected chi connectivity index (χ4v) is 5.04. The number of anilines is 2. The van der Waals surface area contributed by atoms with Gasteiger partial charge in [0.25, 0.3) is 0 Å². The number of aromatic nitrogens is 2. The van der Waals surface area contributed by atoms with Crippen LogP contribution in [0.1, 0.15) is 18.7 Å². The molecule has 1 unspecified atom stereocenters. The number of piperazine rings is 1. The molecule has 2 N–H and O–H groups in total. The molecule has 0 saturated carbocycles. The first-order valence-electron chi connectivity index (χ1n) is 13.5. The van der Waals surface area contributed by atoms with E-state index in [-0.39, 0.29) is 11.8 Å². The van der Waals surface area contributed by atoms with Gasteiger partial charge in [0.15, 0.2) is 5.82 Å². The predicted octanol–water partition coefficient (Wildman–Crippen LogP) is 2.66. The molecule has 2 aromatic heterocycles. The summed E-state index contributed by atoms with van der Waals surface area (Å²) >= 11 is 6.09. The number of halogens is 1. The number of ether oxygens (including phenoxy) is 1. The summed E-state index contributed by atoms with van der Waals surface area (Å²) < 4.78 is 11.2. The van der Waals surface area contributed by atoms with E-state index in [9.17, 15) is 9.59 Å². The molecule has 212 valence electrons. The first kappa shape index (κ1) is 27.9. The van der Waals surface area contributed by atoms with E-state index < -0.39 is 6.04 Å². The maximum atomic E-state index is 13.7. The summed E-state index contributed by atoms with van der Waals surface area (Å²) in [5, 5.41) is 6.70. The van der Waals surface area contributed by atoms with Crippen LogP contribution in [0.3, 0.4) is 0 Å². The number of furan rings is 1. The summed E-state index contributed by atoms with van der Waals surface area (Å²) in [6, 6.07) is 12.5. The van der Waals surface area contributed by atoms with Gasteiger partial charge in [-0.15, -0.1) is 0 Å². The number of benzene rings is 1. The minimum absolute atomic E-state index is 0.0429. The molecule has 2 amide bonds. The molecule has 2 saturated heterocycles. The van der Waals surface area contributed by atoms with Crippen LogP contribution in [0.5, 0.6) is 0 Å². The number of carbonyl (C=O) groups is 2. The molecular weight excluding hydrogens is 534 g/mol. The summed E-state index contributed by atoms with van der Waals surface area (Å²) in [6.45, 7) is 7.43. The zero-order valence-electron chi connectivity index (χ0n) is 22.5. The Bertz CT molecular complexity index is 1270. The minimum atomic E-state index is -0.458. The molecule has 1 aromatic carbocycles. The highest BCUT2D eigenvalue weighted by atomic mass is 35.5. The maximum Gasteiger partial charge on any atom is 0.247 e. The molecule has 0 radical (unpaired) electrons. The van der Waals surface area contributed by atoms with Gasteiger partial charge >= 0.3 is 0 Å². The van der Waals surface area contributed by atoms with Crippen molar-refractivity contribution in [3.8, 4) is 11.4 Å². The zero-order chi connectivity index (χ0) is 27.9. The van der Waals surface area contributed by atoms with E-state index in [0.717, 1.165) is 11.4 Å². The molecule has 2 aliphatic heterocycles. The Morgan fingerprint density at radius 1 is 1.00 bits per heavy atom. The van der Waals surface area contributed by atoms with Crippen molar-refractivity contribution in [3.63, 3.8) is 0 Å². The Morgan fingerprint density at radius 3 is 2.42 bits per heavy atom. The van der Waals surface area contributed by atoms with E-state index in [1.54, 1.807) is 6.26 Å². The molecule has 0 aliphatic carbocycles. The van der Waals surface area contributed by atoms with Crippen molar-refractivity contribution in [2.75, 3.05) is 75.8 Å². The van der Waals surface area contributed by atoms with Crippen molar-refractivity contribution < 1.29 is 18.7 Å². The first-order valence-corrected chi connectivity index (χ1v) is 13.9. The summed E-state index contributed by atoms with van der Waals surface area (Å²) in [6.07, 6.45) is 1.61. The number of rotatable bonds is 9. The largest absolute Gasteiger partial charge is 0.467 e. The third-order valence-electron chi connectivity index (χ3n) is 6.99. The van der Waals surface area contributed by atoms with E-state index in [0.29, 0.717) is 88.0 Å². The Balaban J connectivity index is 1.30. The quantitative estimate of drug-likeness (QED) is 0.376. The fraction of sp³-hybridized carbons (Fsp3) is 0.429. The van der Waals surface area contributed by atoms with Crippen molar-refractivity contribution in [2.45, 2.75) is 13.0 Å². The second kappa shape index (κ2) is 13.1. The van der Waals surface area contributed by atoms with Crippen molar-refractivity contribution >= 4 is 35.1 Å². The van der Waals surface area contributed by atoms with Gasteiger partial charge < -0.3 is 29.6 Å². The number of amides is 2.